The smallest absolute Gasteiger partial charge is 0.256 e. The van der Waals surface area contributed by atoms with Crippen LogP contribution in [0.3, 0.4) is 0 Å². The van der Waals surface area contributed by atoms with E-state index in [0.717, 1.165) is 43.7 Å². The summed E-state index contributed by atoms with van der Waals surface area (Å²) >= 11 is 0. The maximum atomic E-state index is 12.9. The highest BCUT2D eigenvalue weighted by atomic mass is 16.1. The maximum Gasteiger partial charge on any atom is 0.256 e. The lowest BCUT2D eigenvalue weighted by Gasteiger charge is -2.05. The molecule has 4 nitrogen and oxygen atoms in total. The predicted molar refractivity (Wildman–Crippen MR) is 121 cm³/mol. The minimum atomic E-state index is -0.0662. The Morgan fingerprint density at radius 2 is 0.931 bits per heavy atom. The number of aromatic nitrogens is 3. The van der Waals surface area contributed by atoms with Crippen LogP contribution in [0.2, 0.25) is 0 Å². The summed E-state index contributed by atoms with van der Waals surface area (Å²) in [6.07, 6.45) is 0. The highest BCUT2D eigenvalue weighted by Crippen LogP contribution is 2.34. The topological polar surface area (TPSA) is 64.4 Å². The second kappa shape index (κ2) is 5.06. The van der Waals surface area contributed by atoms with Gasteiger partial charge in [0.1, 0.15) is 0 Å². The third-order valence-corrected chi connectivity index (χ3v) is 6.07. The third kappa shape index (κ3) is 1.90. The van der Waals surface area contributed by atoms with E-state index in [2.05, 4.69) is 57.4 Å². The molecule has 0 saturated heterocycles. The van der Waals surface area contributed by atoms with E-state index >= 15 is 0 Å². The Kier molecular flexibility index (Phi) is 2.60. The Labute approximate surface area is 163 Å². The van der Waals surface area contributed by atoms with Gasteiger partial charge in [0.05, 0.1) is 5.52 Å². The quantitative estimate of drug-likeness (QED) is 0.283. The van der Waals surface area contributed by atoms with Crippen molar-refractivity contribution in [3.05, 3.63) is 83.2 Å². The molecule has 136 valence electrons. The summed E-state index contributed by atoms with van der Waals surface area (Å²) in [5.41, 5.74) is 4.98. The fourth-order valence-corrected chi connectivity index (χ4v) is 4.72. The predicted octanol–water partition coefficient (Wildman–Crippen LogP) is 5.95. The van der Waals surface area contributed by atoms with E-state index in [1.54, 1.807) is 0 Å². The first-order valence-corrected chi connectivity index (χ1v) is 9.67. The molecule has 4 aromatic carbocycles. The number of aromatic amines is 3. The monoisotopic (exact) mass is 373 g/mol. The zero-order chi connectivity index (χ0) is 19.1. The molecule has 0 fully saturated rings. The van der Waals surface area contributed by atoms with Gasteiger partial charge in [0.2, 0.25) is 0 Å². The van der Waals surface area contributed by atoms with Crippen LogP contribution in [0.5, 0.6) is 0 Å². The molecule has 29 heavy (non-hydrogen) atoms. The van der Waals surface area contributed by atoms with Crippen molar-refractivity contribution in [3.8, 4) is 0 Å². The molecule has 4 heteroatoms. The molecule has 0 aliphatic rings. The van der Waals surface area contributed by atoms with Gasteiger partial charge in [-0.25, -0.2) is 0 Å². The van der Waals surface area contributed by atoms with Crippen LogP contribution >= 0.6 is 0 Å². The molecule has 0 atom stereocenters. The van der Waals surface area contributed by atoms with E-state index in [4.69, 9.17) is 0 Å². The molecular formula is C25H15N3O. The zero-order valence-electron chi connectivity index (χ0n) is 15.3. The summed E-state index contributed by atoms with van der Waals surface area (Å²) in [7, 11) is 0. The van der Waals surface area contributed by atoms with Crippen LogP contribution in [0, 0.1) is 0 Å². The van der Waals surface area contributed by atoms with Crippen LogP contribution in [0.1, 0.15) is 0 Å². The molecule has 0 unspecified atom stereocenters. The van der Waals surface area contributed by atoms with Crippen molar-refractivity contribution in [3.63, 3.8) is 0 Å². The summed E-state index contributed by atoms with van der Waals surface area (Å²) in [5.74, 6) is 0. The number of hydrogen-bond acceptors (Lipinski definition) is 1. The first kappa shape index (κ1) is 14.9. The normalized spacial score (nSPS) is 12.3. The summed E-state index contributed by atoms with van der Waals surface area (Å²) < 4.78 is 0. The van der Waals surface area contributed by atoms with Crippen molar-refractivity contribution >= 4 is 65.3 Å². The molecule has 0 radical (unpaired) electrons. The Morgan fingerprint density at radius 1 is 0.414 bits per heavy atom. The molecule has 7 rings (SSSR count). The van der Waals surface area contributed by atoms with Gasteiger partial charge in [0, 0.05) is 54.4 Å². The lowest BCUT2D eigenvalue weighted by atomic mass is 10.0. The summed E-state index contributed by atoms with van der Waals surface area (Å²) in [5, 5.41) is 7.41. The van der Waals surface area contributed by atoms with Crippen molar-refractivity contribution in [2.75, 3.05) is 0 Å². The minimum absolute atomic E-state index is 0.0662. The number of benzene rings is 4. The number of pyridine rings is 1. The Morgan fingerprint density at radius 3 is 1.62 bits per heavy atom. The van der Waals surface area contributed by atoms with Crippen molar-refractivity contribution < 1.29 is 0 Å². The van der Waals surface area contributed by atoms with Gasteiger partial charge in [-0.2, -0.15) is 0 Å². The van der Waals surface area contributed by atoms with Gasteiger partial charge in [-0.1, -0.05) is 36.4 Å². The van der Waals surface area contributed by atoms with Crippen LogP contribution in [-0.4, -0.2) is 15.0 Å². The second-order valence-corrected chi connectivity index (χ2v) is 7.68. The third-order valence-electron chi connectivity index (χ3n) is 6.07. The second-order valence-electron chi connectivity index (χ2n) is 7.68. The lowest BCUT2D eigenvalue weighted by Crippen LogP contribution is -2.06. The number of H-pyrrole nitrogens is 3. The van der Waals surface area contributed by atoms with Gasteiger partial charge in [-0.15, -0.1) is 0 Å². The number of rotatable bonds is 0. The SMILES string of the molecule is O=c1[nH]c2cc3[nH]c4ccccc4c3cc2c2cc3c(cc12)[nH]c1ccccc13. The number of para-hydroxylation sites is 2. The molecule has 3 heterocycles. The van der Waals surface area contributed by atoms with Crippen molar-refractivity contribution in [1.82, 2.24) is 15.0 Å². The maximum absolute atomic E-state index is 12.9. The highest BCUT2D eigenvalue weighted by molar-refractivity contribution is 6.20. The molecule has 0 amide bonds. The number of hydrogen-bond donors (Lipinski definition) is 3. The minimum Gasteiger partial charge on any atom is -0.354 e. The van der Waals surface area contributed by atoms with E-state index in [-0.39, 0.29) is 5.56 Å². The fraction of sp³-hybridized carbons (Fsp3) is 0. The molecule has 0 aliphatic carbocycles. The molecule has 3 N–H and O–H groups in total. The van der Waals surface area contributed by atoms with Gasteiger partial charge >= 0.3 is 0 Å². The van der Waals surface area contributed by atoms with Gasteiger partial charge in [-0.05, 0) is 41.8 Å². The standard InChI is InChI=1S/C25H15N3O/c29-25-19-11-22-16(13-5-1-3-7-20(13)26-22)9-15(19)18-10-17-14-6-2-4-8-21(14)27-23(17)12-24(18)28-25/h1-12,26-27H,(H,28,29). The Hall–Kier alpha value is -4.05. The molecule has 0 aliphatic heterocycles. The van der Waals surface area contributed by atoms with E-state index in [9.17, 15) is 4.79 Å². The Balaban J connectivity index is 1.72. The van der Waals surface area contributed by atoms with Crippen LogP contribution < -0.4 is 5.56 Å². The van der Waals surface area contributed by atoms with Crippen LogP contribution in [0.4, 0.5) is 0 Å². The highest BCUT2D eigenvalue weighted by Gasteiger charge is 2.13. The van der Waals surface area contributed by atoms with Gasteiger partial charge in [0.25, 0.3) is 5.56 Å². The largest absolute Gasteiger partial charge is 0.354 e. The average molecular weight is 373 g/mol. The molecule has 7 aromatic rings. The van der Waals surface area contributed by atoms with E-state index in [1.165, 1.54) is 16.2 Å². The van der Waals surface area contributed by atoms with E-state index < -0.39 is 0 Å². The van der Waals surface area contributed by atoms with Crippen LogP contribution in [0.15, 0.2) is 77.6 Å². The zero-order valence-corrected chi connectivity index (χ0v) is 15.3. The van der Waals surface area contributed by atoms with Crippen LogP contribution in [0.25, 0.3) is 65.3 Å². The summed E-state index contributed by atoms with van der Waals surface area (Å²) in [6.45, 7) is 0. The van der Waals surface area contributed by atoms with E-state index in [0.29, 0.717) is 5.39 Å². The summed E-state index contributed by atoms with van der Waals surface area (Å²) in [4.78, 5) is 22.9. The molecular weight excluding hydrogens is 358 g/mol. The van der Waals surface area contributed by atoms with E-state index in [1.807, 2.05) is 30.3 Å². The van der Waals surface area contributed by atoms with Gasteiger partial charge in [-0.3, -0.25) is 4.79 Å². The van der Waals surface area contributed by atoms with Crippen molar-refractivity contribution in [2.45, 2.75) is 0 Å². The molecule has 0 spiro atoms. The van der Waals surface area contributed by atoms with Crippen LogP contribution in [-0.2, 0) is 0 Å². The number of fused-ring (bicyclic) bond motifs is 9. The number of nitrogens with one attached hydrogen (secondary N) is 3. The molecule has 0 bridgehead atoms. The molecule has 0 saturated carbocycles. The fourth-order valence-electron chi connectivity index (χ4n) is 4.72. The summed E-state index contributed by atoms with van der Waals surface area (Å²) in [6, 6.07) is 24.9. The Bertz CT molecular complexity index is 1830. The van der Waals surface area contributed by atoms with Crippen molar-refractivity contribution in [1.29, 1.82) is 0 Å². The lowest BCUT2D eigenvalue weighted by molar-refractivity contribution is 1.35. The molecule has 3 aromatic heterocycles. The average Bonchev–Trinajstić information content (AvgIpc) is 3.29. The van der Waals surface area contributed by atoms with Gasteiger partial charge < -0.3 is 15.0 Å². The van der Waals surface area contributed by atoms with Crippen molar-refractivity contribution in [2.24, 2.45) is 0 Å². The van der Waals surface area contributed by atoms with Gasteiger partial charge in [0.15, 0.2) is 0 Å². The first-order chi connectivity index (χ1) is 14.3. The first-order valence-electron chi connectivity index (χ1n) is 9.67.